The molecule has 1 aromatic carbocycles. The van der Waals surface area contributed by atoms with E-state index in [1.807, 2.05) is 0 Å². The van der Waals surface area contributed by atoms with Gasteiger partial charge in [-0.1, -0.05) is 19.1 Å². The molecule has 0 aliphatic rings. The quantitative estimate of drug-likeness (QED) is 0.760. The lowest BCUT2D eigenvalue weighted by atomic mass is 9.75. The summed E-state index contributed by atoms with van der Waals surface area (Å²) in [4.78, 5) is 22.9. The molecule has 4 heteroatoms. The normalized spacial score (nSPS) is 14.1. The van der Waals surface area contributed by atoms with Crippen molar-refractivity contribution in [2.24, 2.45) is 0 Å². The summed E-state index contributed by atoms with van der Waals surface area (Å²) in [6.07, 6.45) is 0.183. The third-order valence-electron chi connectivity index (χ3n) is 2.86. The van der Waals surface area contributed by atoms with Crippen LogP contribution in [0.15, 0.2) is 24.3 Å². The number of aliphatic carboxylic acids is 1. The Hall–Kier alpha value is -1.84. The molecule has 0 radical (unpaired) electrons. The molecule has 2 N–H and O–H groups in total. The van der Waals surface area contributed by atoms with Crippen LogP contribution in [0.25, 0.3) is 0 Å². The molecule has 0 aliphatic heterocycles. The summed E-state index contributed by atoms with van der Waals surface area (Å²) in [5.74, 6) is -1.52. The fraction of sp³-hybridized carbons (Fsp3) is 0.333. The Bertz CT molecular complexity index is 392. The fourth-order valence-electron chi connectivity index (χ4n) is 1.83. The van der Waals surface area contributed by atoms with Crippen LogP contribution < -0.4 is 0 Å². The average molecular weight is 222 g/mol. The lowest BCUT2D eigenvalue weighted by Gasteiger charge is -2.25. The number of ketones is 1. The van der Waals surface area contributed by atoms with Crippen LogP contribution in [0.1, 0.15) is 25.8 Å². The Morgan fingerprint density at radius 1 is 1.25 bits per heavy atom. The van der Waals surface area contributed by atoms with E-state index in [1.54, 1.807) is 6.92 Å². The van der Waals surface area contributed by atoms with Crippen molar-refractivity contribution in [3.8, 4) is 5.75 Å². The van der Waals surface area contributed by atoms with Crippen LogP contribution in [0.3, 0.4) is 0 Å². The van der Waals surface area contributed by atoms with Crippen molar-refractivity contribution in [3.63, 3.8) is 0 Å². The first kappa shape index (κ1) is 12.2. The summed E-state index contributed by atoms with van der Waals surface area (Å²) < 4.78 is 0. The highest BCUT2D eigenvalue weighted by Gasteiger charge is 2.43. The van der Waals surface area contributed by atoms with Gasteiger partial charge in [0.15, 0.2) is 11.2 Å². The number of carboxylic acids is 1. The van der Waals surface area contributed by atoms with Gasteiger partial charge in [-0.25, -0.2) is 0 Å². The van der Waals surface area contributed by atoms with Gasteiger partial charge in [-0.15, -0.1) is 0 Å². The van der Waals surface area contributed by atoms with Crippen molar-refractivity contribution < 1.29 is 19.8 Å². The topological polar surface area (TPSA) is 74.6 Å². The van der Waals surface area contributed by atoms with Crippen LogP contribution in [0.5, 0.6) is 5.75 Å². The zero-order valence-corrected chi connectivity index (χ0v) is 9.23. The Morgan fingerprint density at radius 2 is 1.75 bits per heavy atom. The van der Waals surface area contributed by atoms with Crippen LogP contribution in [0.2, 0.25) is 0 Å². The van der Waals surface area contributed by atoms with E-state index in [9.17, 15) is 14.7 Å². The van der Waals surface area contributed by atoms with Gasteiger partial charge < -0.3 is 10.2 Å². The lowest BCUT2D eigenvalue weighted by molar-refractivity contribution is -0.148. The second-order valence-electron chi connectivity index (χ2n) is 3.67. The lowest BCUT2D eigenvalue weighted by Crippen LogP contribution is -2.41. The molecule has 0 spiro atoms. The van der Waals surface area contributed by atoms with E-state index in [0.717, 1.165) is 0 Å². The number of phenols is 1. The number of Topliss-reactive ketones (excluding diaryl/α,β-unsaturated/α-hetero) is 1. The molecule has 0 heterocycles. The molecule has 0 saturated carbocycles. The van der Waals surface area contributed by atoms with Gasteiger partial charge in [-0.2, -0.15) is 0 Å². The number of carbonyl (C=O) groups excluding carboxylic acids is 1. The first-order chi connectivity index (χ1) is 7.45. The Kier molecular flexibility index (Phi) is 3.32. The van der Waals surface area contributed by atoms with E-state index in [4.69, 9.17) is 5.11 Å². The molecule has 1 aromatic rings. The maximum atomic E-state index is 11.6. The summed E-state index contributed by atoms with van der Waals surface area (Å²) in [5.41, 5.74) is -1.11. The summed E-state index contributed by atoms with van der Waals surface area (Å²) in [6.45, 7) is 2.92. The van der Waals surface area contributed by atoms with Gasteiger partial charge in [0.2, 0.25) is 0 Å². The molecule has 1 rings (SSSR count). The van der Waals surface area contributed by atoms with Crippen LogP contribution in [0.4, 0.5) is 0 Å². The summed E-state index contributed by atoms with van der Waals surface area (Å²) in [6, 6.07) is 5.69. The van der Waals surface area contributed by atoms with Crippen LogP contribution >= 0.6 is 0 Å². The van der Waals surface area contributed by atoms with Crippen molar-refractivity contribution in [1.82, 2.24) is 0 Å². The maximum absolute atomic E-state index is 11.6. The molecule has 0 fully saturated rings. The minimum atomic E-state index is -1.51. The minimum absolute atomic E-state index is 0.0442. The molecule has 86 valence electrons. The van der Waals surface area contributed by atoms with Gasteiger partial charge >= 0.3 is 5.97 Å². The van der Waals surface area contributed by atoms with Crippen LogP contribution in [0, 0.1) is 0 Å². The molecule has 0 bridgehead atoms. The van der Waals surface area contributed by atoms with E-state index >= 15 is 0 Å². The Balaban J connectivity index is 3.36. The van der Waals surface area contributed by atoms with Gasteiger partial charge in [0.1, 0.15) is 5.75 Å². The number of benzene rings is 1. The molecule has 0 aromatic heterocycles. The molecule has 16 heavy (non-hydrogen) atoms. The van der Waals surface area contributed by atoms with Crippen LogP contribution in [-0.2, 0) is 15.0 Å². The molecule has 0 saturated heterocycles. The summed E-state index contributed by atoms with van der Waals surface area (Å²) in [5, 5.41) is 18.4. The molecule has 0 aliphatic carbocycles. The predicted molar refractivity (Wildman–Crippen MR) is 58.4 cm³/mol. The van der Waals surface area contributed by atoms with Crippen molar-refractivity contribution in [3.05, 3.63) is 29.8 Å². The average Bonchev–Trinajstić information content (AvgIpc) is 2.21. The van der Waals surface area contributed by atoms with E-state index in [0.29, 0.717) is 5.56 Å². The predicted octanol–water partition coefficient (Wildman–Crippen LogP) is 1.71. The van der Waals surface area contributed by atoms with Gasteiger partial charge in [0, 0.05) is 0 Å². The second kappa shape index (κ2) is 4.35. The standard InChI is InChI=1S/C12H14O4/c1-3-12(8(2)13,11(15)16)9-4-6-10(14)7-5-9/h4-7,14H,3H2,1-2H3,(H,15,16). The third kappa shape index (κ3) is 1.78. The summed E-state index contributed by atoms with van der Waals surface area (Å²) >= 11 is 0. The molecule has 0 amide bonds. The number of phenolic OH excluding ortho intramolecular Hbond substituents is 1. The number of carboxylic acid groups (broad SMARTS) is 1. The summed E-state index contributed by atoms with van der Waals surface area (Å²) in [7, 11) is 0. The highest BCUT2D eigenvalue weighted by atomic mass is 16.4. The number of aromatic hydroxyl groups is 1. The monoisotopic (exact) mass is 222 g/mol. The van der Waals surface area contributed by atoms with Gasteiger partial charge in [0.05, 0.1) is 0 Å². The van der Waals surface area contributed by atoms with Gasteiger partial charge in [0.25, 0.3) is 0 Å². The Labute approximate surface area is 93.5 Å². The second-order valence-corrected chi connectivity index (χ2v) is 3.67. The smallest absolute Gasteiger partial charge is 0.321 e. The van der Waals surface area contributed by atoms with Crippen LogP contribution in [-0.4, -0.2) is 22.0 Å². The first-order valence-electron chi connectivity index (χ1n) is 4.99. The molecular formula is C12H14O4. The number of carbonyl (C=O) groups is 2. The van der Waals surface area contributed by atoms with E-state index in [-0.39, 0.29) is 12.2 Å². The highest BCUT2D eigenvalue weighted by Crippen LogP contribution is 2.30. The molecular weight excluding hydrogens is 208 g/mol. The fourth-order valence-corrected chi connectivity index (χ4v) is 1.83. The maximum Gasteiger partial charge on any atom is 0.321 e. The minimum Gasteiger partial charge on any atom is -0.508 e. The number of hydrogen-bond donors (Lipinski definition) is 2. The third-order valence-corrected chi connectivity index (χ3v) is 2.86. The first-order valence-corrected chi connectivity index (χ1v) is 4.99. The zero-order valence-electron chi connectivity index (χ0n) is 9.23. The zero-order chi connectivity index (χ0) is 12.3. The molecule has 1 atom stereocenters. The largest absolute Gasteiger partial charge is 0.508 e. The van der Waals surface area contributed by atoms with Crippen molar-refractivity contribution in [1.29, 1.82) is 0 Å². The van der Waals surface area contributed by atoms with Crippen molar-refractivity contribution >= 4 is 11.8 Å². The number of hydrogen-bond acceptors (Lipinski definition) is 3. The van der Waals surface area contributed by atoms with Crippen molar-refractivity contribution in [2.75, 3.05) is 0 Å². The van der Waals surface area contributed by atoms with Gasteiger partial charge in [-0.3, -0.25) is 9.59 Å². The SMILES string of the molecule is CCC(C(C)=O)(C(=O)O)c1ccc(O)cc1. The van der Waals surface area contributed by atoms with E-state index < -0.39 is 17.2 Å². The number of rotatable bonds is 4. The molecule has 4 nitrogen and oxygen atoms in total. The Morgan fingerprint density at radius 3 is 2.06 bits per heavy atom. The molecule has 1 unspecified atom stereocenters. The van der Waals surface area contributed by atoms with E-state index in [1.165, 1.54) is 31.2 Å². The van der Waals surface area contributed by atoms with Gasteiger partial charge in [-0.05, 0) is 31.0 Å². The van der Waals surface area contributed by atoms with E-state index in [2.05, 4.69) is 0 Å². The van der Waals surface area contributed by atoms with Crippen molar-refractivity contribution in [2.45, 2.75) is 25.7 Å². The highest BCUT2D eigenvalue weighted by molar-refractivity contribution is 6.07.